The maximum atomic E-state index is 8.77. The van der Waals surface area contributed by atoms with E-state index < -0.39 is 0 Å². The molecule has 0 amide bonds. The van der Waals surface area contributed by atoms with Crippen LogP contribution in [0.1, 0.15) is 252 Å². The second-order valence-electron chi connectivity index (χ2n) is 35.6. The highest BCUT2D eigenvalue weighted by Gasteiger charge is 2.21. The van der Waals surface area contributed by atoms with Crippen LogP contribution in [-0.2, 0) is 9.47 Å². The summed E-state index contributed by atoms with van der Waals surface area (Å²) in [5.74, 6) is 0.766. The van der Waals surface area contributed by atoms with Crippen LogP contribution in [-0.4, -0.2) is 250 Å². The lowest BCUT2D eigenvalue weighted by Gasteiger charge is -2.29. The largest absolute Gasteiger partial charge is 0.395 e. The quantitative estimate of drug-likeness (QED) is 0.0340. The van der Waals surface area contributed by atoms with Crippen molar-refractivity contribution in [3.05, 3.63) is 0 Å². The average Bonchev–Trinajstić information content (AvgIpc) is 3.36. The Morgan fingerprint density at radius 3 is 0.944 bits per heavy atom. The van der Waals surface area contributed by atoms with E-state index in [0.717, 1.165) is 97.4 Å². The molecule has 0 fully saturated rings. The van der Waals surface area contributed by atoms with E-state index in [0.29, 0.717) is 62.5 Å². The molecule has 2 unspecified atom stereocenters. The second-order valence-corrected chi connectivity index (χ2v) is 35.6. The Hall–Kier alpha value is -0.560. The van der Waals surface area contributed by atoms with Gasteiger partial charge in [-0.2, -0.15) is 0 Å². The molecule has 0 heterocycles. The van der Waals surface area contributed by atoms with Crippen LogP contribution in [0.3, 0.4) is 0 Å². The number of hydrogen-bond acceptors (Lipinski definition) is 14. The Morgan fingerprint density at radius 2 is 0.689 bits per heavy atom. The van der Waals surface area contributed by atoms with E-state index in [-0.39, 0.29) is 26.4 Å². The van der Waals surface area contributed by atoms with Crippen LogP contribution in [0.5, 0.6) is 0 Å². The van der Waals surface area contributed by atoms with E-state index in [9.17, 15) is 0 Å². The molecule has 0 radical (unpaired) electrons. The summed E-state index contributed by atoms with van der Waals surface area (Å²) in [6.45, 7) is 80.8. The Morgan fingerprint density at radius 1 is 0.356 bits per heavy atom. The van der Waals surface area contributed by atoms with E-state index in [1.54, 1.807) is 14.2 Å². The summed E-state index contributed by atoms with van der Waals surface area (Å²) in [5, 5.41) is 41.1. The number of ether oxygens (including phenoxy) is 2. The molecular formula is C76H176N8O6. The minimum atomic E-state index is 0.171. The molecule has 14 nitrogen and oxygen atoms in total. The van der Waals surface area contributed by atoms with E-state index in [2.05, 4.69) is 269 Å². The van der Waals surface area contributed by atoms with Crippen molar-refractivity contribution < 1.29 is 29.9 Å². The minimum absolute atomic E-state index is 0.171. The molecule has 0 bridgehead atoms. The molecular weight excluding hydrogens is 1120 g/mol. The van der Waals surface area contributed by atoms with Gasteiger partial charge in [0.15, 0.2) is 0 Å². The summed E-state index contributed by atoms with van der Waals surface area (Å²) < 4.78 is 10.1. The fourth-order valence-corrected chi connectivity index (χ4v) is 7.49. The molecule has 0 aliphatic heterocycles. The normalized spacial score (nSPS) is 13.1. The average molecular weight is 1300 g/mol. The van der Waals surface area contributed by atoms with Crippen LogP contribution in [0.2, 0.25) is 0 Å². The summed E-state index contributed by atoms with van der Waals surface area (Å²) >= 11 is 0. The topological polar surface area (TPSA) is 143 Å². The molecule has 90 heavy (non-hydrogen) atoms. The number of rotatable bonds is 34. The van der Waals surface area contributed by atoms with Crippen molar-refractivity contribution in [2.24, 2.45) is 49.2 Å². The minimum Gasteiger partial charge on any atom is -0.395 e. The highest BCUT2D eigenvalue weighted by molar-refractivity contribution is 4.73. The van der Waals surface area contributed by atoms with E-state index in [4.69, 9.17) is 29.9 Å². The summed E-state index contributed by atoms with van der Waals surface area (Å²) in [5.41, 5.74) is 3.42. The van der Waals surface area contributed by atoms with Crippen LogP contribution in [0.4, 0.5) is 0 Å². The van der Waals surface area contributed by atoms with Crippen LogP contribution < -0.4 is 10.6 Å². The Labute approximate surface area is 568 Å². The van der Waals surface area contributed by atoms with Gasteiger partial charge in [-0.05, 0) is 209 Å². The fourth-order valence-electron chi connectivity index (χ4n) is 7.49. The van der Waals surface area contributed by atoms with Crippen molar-refractivity contribution in [3.8, 4) is 0 Å². The molecule has 0 rings (SSSR count). The predicted octanol–water partition coefficient (Wildman–Crippen LogP) is 14.9. The molecule has 0 saturated heterocycles. The predicted molar refractivity (Wildman–Crippen MR) is 405 cm³/mol. The van der Waals surface area contributed by atoms with Gasteiger partial charge in [-0.1, -0.05) is 187 Å². The van der Waals surface area contributed by atoms with Gasteiger partial charge >= 0.3 is 0 Å². The molecule has 14 heteroatoms. The van der Waals surface area contributed by atoms with Crippen molar-refractivity contribution in [2.45, 2.75) is 258 Å². The maximum Gasteiger partial charge on any atom is 0.0589 e. The standard InChI is InChI=1S/C12H27NO.C10H23NO2.C10H23NO.C9H21NO.3C9H21N.C8H19NO/c1-6-8-13(10-11-14-5)9-7-12(2,3)4;1-10(2,3)4-5-11(6-8-12)7-9-13;1-10(2,3)6-7-11(4)8-9-12-5;1-9(2,3)5-6-10(4)7-8-11;1-8(7-10(5)6)9(2,3)4;1-8(10(5)6)7-9(2,3)4;1-5-7-10-8-6-9(2,3)4;1-8(2,3)4-5-9-6-7-10/h6-11H2,1-5H3;12-13H,4-9H2,1-3H3;6-9H2,1-5H3;11H,5-8H2,1-4H3;2*8H,7H2,1-6H3;10H,5-8H2,1-4H3;9-10H,4-7H2,1-3H3. The van der Waals surface area contributed by atoms with Gasteiger partial charge in [0.2, 0.25) is 0 Å². The molecule has 0 aromatic rings. The maximum absolute atomic E-state index is 8.77. The van der Waals surface area contributed by atoms with Gasteiger partial charge in [-0.15, -0.1) is 0 Å². The zero-order valence-electron chi connectivity index (χ0n) is 68.7. The number of nitrogens with one attached hydrogen (secondary N) is 2. The molecule has 0 spiro atoms. The van der Waals surface area contributed by atoms with E-state index in [1.165, 1.54) is 64.6 Å². The van der Waals surface area contributed by atoms with Crippen molar-refractivity contribution in [1.29, 1.82) is 0 Å². The van der Waals surface area contributed by atoms with Gasteiger partial charge in [0.25, 0.3) is 0 Å². The Kier molecular flexibility index (Phi) is 71.3. The third-order valence-electron chi connectivity index (χ3n) is 14.7. The number of hydrogen-bond donors (Lipinski definition) is 6. The summed E-state index contributed by atoms with van der Waals surface area (Å²) in [6.07, 6.45) is 10.9. The smallest absolute Gasteiger partial charge is 0.0589 e. The Balaban J connectivity index is -0.000000143. The first-order valence-corrected chi connectivity index (χ1v) is 35.6. The molecule has 556 valence electrons. The molecule has 2 atom stereocenters. The third kappa shape index (κ3) is 112. The third-order valence-corrected chi connectivity index (χ3v) is 14.7. The van der Waals surface area contributed by atoms with E-state index >= 15 is 0 Å². The van der Waals surface area contributed by atoms with Crippen molar-refractivity contribution in [3.63, 3.8) is 0 Å². The van der Waals surface area contributed by atoms with Gasteiger partial charge in [0.1, 0.15) is 0 Å². The van der Waals surface area contributed by atoms with Crippen molar-refractivity contribution in [2.75, 3.05) is 194 Å². The zero-order valence-corrected chi connectivity index (χ0v) is 68.7. The summed E-state index contributed by atoms with van der Waals surface area (Å²) in [4.78, 5) is 13.6. The SMILES string of the molecule is CC(C)(C)CCN(CCO)CCO.CC(C)(C)CCNCCO.CC(CC(C)(C)C)N(C)C.CC(CN(C)C)C(C)(C)C.CCCN(CCOC)CCC(C)(C)C.CCCNCCC(C)(C)C.CN(CCO)CCC(C)(C)C.COCCN(C)CCC(C)(C)C. The number of aliphatic hydroxyl groups is 4. The first kappa shape index (κ1) is 105. The van der Waals surface area contributed by atoms with Gasteiger partial charge < -0.3 is 65.0 Å². The molecule has 0 aromatic carbocycles. The summed E-state index contributed by atoms with van der Waals surface area (Å²) in [6, 6.07) is 0.694. The zero-order chi connectivity index (χ0) is 72.7. The molecule has 0 saturated carbocycles. The van der Waals surface area contributed by atoms with Crippen LogP contribution in [0.15, 0.2) is 0 Å². The number of methoxy groups -OCH3 is 2. The Bertz CT molecular complexity index is 1390. The number of nitrogens with zero attached hydrogens (tertiary/aromatic N) is 6. The number of likely N-dealkylation sites (N-methyl/N-ethyl adjacent to an activating group) is 2. The lowest BCUT2D eigenvalue weighted by atomic mass is 9.82. The monoisotopic (exact) mass is 1300 g/mol. The highest BCUT2D eigenvalue weighted by Crippen LogP contribution is 2.26. The first-order valence-electron chi connectivity index (χ1n) is 35.6. The summed E-state index contributed by atoms with van der Waals surface area (Å²) in [7, 11) is 16.2. The lowest BCUT2D eigenvalue weighted by Crippen LogP contribution is -2.32. The van der Waals surface area contributed by atoms with Gasteiger partial charge in [-0.3, -0.25) is 4.90 Å². The fraction of sp³-hybridized carbons (Fsp3) is 1.00. The lowest BCUT2D eigenvalue weighted by molar-refractivity contribution is 0.138. The first-order chi connectivity index (χ1) is 40.7. The van der Waals surface area contributed by atoms with Gasteiger partial charge in [0, 0.05) is 66.1 Å². The molecule has 0 aromatic heterocycles. The molecule has 0 aliphatic carbocycles. The highest BCUT2D eigenvalue weighted by atomic mass is 16.5. The van der Waals surface area contributed by atoms with E-state index in [1.807, 2.05) is 7.05 Å². The van der Waals surface area contributed by atoms with Crippen molar-refractivity contribution in [1.82, 2.24) is 40.0 Å². The molecule has 6 N–H and O–H groups in total. The van der Waals surface area contributed by atoms with Crippen LogP contribution in [0, 0.1) is 49.2 Å². The van der Waals surface area contributed by atoms with Crippen LogP contribution in [0.25, 0.3) is 0 Å². The molecule has 0 aliphatic rings. The van der Waals surface area contributed by atoms with Gasteiger partial charge in [0.05, 0.1) is 39.6 Å². The second kappa shape index (κ2) is 60.8. The van der Waals surface area contributed by atoms with Crippen LogP contribution >= 0.6 is 0 Å². The van der Waals surface area contributed by atoms with Crippen molar-refractivity contribution >= 4 is 0 Å². The van der Waals surface area contributed by atoms with Gasteiger partial charge in [-0.25, -0.2) is 0 Å². The number of aliphatic hydroxyl groups excluding tert-OH is 4.